The zero-order valence-corrected chi connectivity index (χ0v) is 12.2. The van der Waals surface area contributed by atoms with Gasteiger partial charge in [-0.15, -0.1) is 0 Å². The van der Waals surface area contributed by atoms with Crippen LogP contribution in [-0.4, -0.2) is 33.0 Å². The van der Waals surface area contributed by atoms with Crippen LogP contribution in [0.3, 0.4) is 0 Å². The number of carbonyl (C=O) groups is 2. The van der Waals surface area contributed by atoms with Crippen molar-refractivity contribution in [3.05, 3.63) is 59.7 Å². The second-order valence-corrected chi connectivity index (χ2v) is 4.99. The first-order chi connectivity index (χ1) is 10.6. The smallest absolute Gasteiger partial charge is 0.356 e. The predicted molar refractivity (Wildman–Crippen MR) is 80.7 cm³/mol. The second kappa shape index (κ2) is 7.31. The van der Waals surface area contributed by atoms with E-state index in [9.17, 15) is 9.59 Å². The van der Waals surface area contributed by atoms with Gasteiger partial charge in [-0.1, -0.05) is 30.3 Å². The Hall–Kier alpha value is -2.76. The van der Waals surface area contributed by atoms with Gasteiger partial charge >= 0.3 is 5.97 Å². The fourth-order valence-corrected chi connectivity index (χ4v) is 1.95. The largest absolute Gasteiger partial charge is 0.476 e. The molecule has 2 aromatic rings. The number of carbonyl (C=O) groups excluding carboxylic acids is 1. The molecule has 0 aliphatic rings. The molecule has 0 fully saturated rings. The Bertz CT molecular complexity index is 641. The molecule has 1 aromatic heterocycles. The van der Waals surface area contributed by atoms with Gasteiger partial charge in [0.05, 0.1) is 12.4 Å². The summed E-state index contributed by atoms with van der Waals surface area (Å²) >= 11 is 0. The van der Waals surface area contributed by atoms with E-state index in [1.807, 2.05) is 37.3 Å². The zero-order chi connectivity index (χ0) is 15.9. The maximum absolute atomic E-state index is 12.0. The van der Waals surface area contributed by atoms with Crippen LogP contribution in [0.25, 0.3) is 0 Å². The van der Waals surface area contributed by atoms with Crippen LogP contribution >= 0.6 is 0 Å². The minimum Gasteiger partial charge on any atom is -0.476 e. The number of carboxylic acids is 1. The third-order valence-electron chi connectivity index (χ3n) is 3.19. The lowest BCUT2D eigenvalue weighted by atomic mass is 10.1. The topological polar surface area (TPSA) is 92.2 Å². The van der Waals surface area contributed by atoms with E-state index in [2.05, 4.69) is 15.3 Å². The lowest BCUT2D eigenvalue weighted by molar-refractivity contribution is 0.0689. The average molecular weight is 299 g/mol. The summed E-state index contributed by atoms with van der Waals surface area (Å²) in [7, 11) is 0. The van der Waals surface area contributed by atoms with Gasteiger partial charge in [-0.3, -0.25) is 4.79 Å². The zero-order valence-electron chi connectivity index (χ0n) is 12.2. The Morgan fingerprint density at radius 1 is 1.14 bits per heavy atom. The summed E-state index contributed by atoms with van der Waals surface area (Å²) in [6, 6.07) is 10.0. The van der Waals surface area contributed by atoms with E-state index in [4.69, 9.17) is 5.11 Å². The predicted octanol–water partition coefficient (Wildman–Crippen LogP) is 1.93. The molecule has 0 aliphatic heterocycles. The molecule has 6 heteroatoms. The Labute approximate surface area is 128 Å². The van der Waals surface area contributed by atoms with Crippen LogP contribution < -0.4 is 5.32 Å². The lowest BCUT2D eigenvalue weighted by Crippen LogP contribution is -2.33. The average Bonchev–Trinajstić information content (AvgIpc) is 2.54. The van der Waals surface area contributed by atoms with Gasteiger partial charge in [0.1, 0.15) is 5.69 Å². The van der Waals surface area contributed by atoms with E-state index in [1.54, 1.807) is 0 Å². The summed E-state index contributed by atoms with van der Waals surface area (Å²) in [5, 5.41) is 11.6. The molecule has 1 unspecified atom stereocenters. The lowest BCUT2D eigenvalue weighted by Gasteiger charge is -2.13. The molecule has 0 aliphatic carbocycles. The first kappa shape index (κ1) is 15.6. The number of amides is 1. The Kier molecular flexibility index (Phi) is 5.19. The summed E-state index contributed by atoms with van der Waals surface area (Å²) in [6.07, 6.45) is 3.91. The van der Waals surface area contributed by atoms with E-state index < -0.39 is 5.97 Å². The summed E-state index contributed by atoms with van der Waals surface area (Å²) in [5.41, 5.74) is 1.14. The molecular weight excluding hydrogens is 282 g/mol. The normalized spacial score (nSPS) is 11.7. The molecule has 0 saturated heterocycles. The molecule has 6 nitrogen and oxygen atoms in total. The molecule has 2 rings (SSSR count). The van der Waals surface area contributed by atoms with Crippen LogP contribution in [0.1, 0.15) is 39.9 Å². The SMILES string of the molecule is CC(CCc1ccccc1)NC(=O)c1cnc(C(=O)O)cn1. The first-order valence-electron chi connectivity index (χ1n) is 6.96. The van der Waals surface area contributed by atoms with Gasteiger partial charge in [0.15, 0.2) is 5.69 Å². The van der Waals surface area contributed by atoms with Gasteiger partial charge in [-0.05, 0) is 25.3 Å². The number of aryl methyl sites for hydroxylation is 1. The fraction of sp³-hybridized carbons (Fsp3) is 0.250. The monoisotopic (exact) mass is 299 g/mol. The maximum Gasteiger partial charge on any atom is 0.356 e. The van der Waals surface area contributed by atoms with Crippen molar-refractivity contribution in [3.63, 3.8) is 0 Å². The number of rotatable bonds is 6. The second-order valence-electron chi connectivity index (χ2n) is 4.99. The van der Waals surface area contributed by atoms with Crippen LogP contribution in [0.2, 0.25) is 0 Å². The van der Waals surface area contributed by atoms with E-state index in [0.29, 0.717) is 0 Å². The Balaban J connectivity index is 1.86. The molecule has 1 amide bonds. The maximum atomic E-state index is 12.0. The van der Waals surface area contributed by atoms with Crippen molar-refractivity contribution in [2.75, 3.05) is 0 Å². The quantitative estimate of drug-likeness (QED) is 0.850. The van der Waals surface area contributed by atoms with Crippen molar-refractivity contribution in [2.24, 2.45) is 0 Å². The van der Waals surface area contributed by atoms with Crippen molar-refractivity contribution < 1.29 is 14.7 Å². The van der Waals surface area contributed by atoms with Crippen LogP contribution in [0.15, 0.2) is 42.7 Å². The number of nitrogens with zero attached hydrogens (tertiary/aromatic N) is 2. The van der Waals surface area contributed by atoms with E-state index >= 15 is 0 Å². The highest BCUT2D eigenvalue weighted by Crippen LogP contribution is 2.05. The molecule has 1 aromatic carbocycles. The molecule has 1 atom stereocenters. The van der Waals surface area contributed by atoms with Crippen molar-refractivity contribution in [2.45, 2.75) is 25.8 Å². The van der Waals surface area contributed by atoms with Crippen LogP contribution in [-0.2, 0) is 6.42 Å². The van der Waals surface area contributed by atoms with E-state index in [1.165, 1.54) is 11.8 Å². The van der Waals surface area contributed by atoms with Gasteiger partial charge in [0.2, 0.25) is 0 Å². The minimum absolute atomic E-state index is 0.0198. The summed E-state index contributed by atoms with van der Waals surface area (Å²) in [5.74, 6) is -1.53. The van der Waals surface area contributed by atoms with Gasteiger partial charge < -0.3 is 10.4 Å². The van der Waals surface area contributed by atoms with Crippen molar-refractivity contribution in [3.8, 4) is 0 Å². The van der Waals surface area contributed by atoms with Gasteiger partial charge in [0.25, 0.3) is 5.91 Å². The summed E-state index contributed by atoms with van der Waals surface area (Å²) < 4.78 is 0. The number of nitrogens with one attached hydrogen (secondary N) is 1. The van der Waals surface area contributed by atoms with Crippen LogP contribution in [0.5, 0.6) is 0 Å². The van der Waals surface area contributed by atoms with Gasteiger partial charge in [0, 0.05) is 6.04 Å². The van der Waals surface area contributed by atoms with Crippen molar-refractivity contribution in [1.82, 2.24) is 15.3 Å². The first-order valence-corrected chi connectivity index (χ1v) is 6.96. The standard InChI is InChI=1S/C16H17N3O3/c1-11(7-8-12-5-3-2-4-6-12)19-15(20)13-9-18-14(10-17-13)16(21)22/h2-6,9-11H,7-8H2,1H3,(H,19,20)(H,21,22). The number of aromatic nitrogens is 2. The molecule has 2 N–H and O–H groups in total. The van der Waals surface area contributed by atoms with Crippen LogP contribution in [0.4, 0.5) is 0 Å². The third-order valence-corrected chi connectivity index (χ3v) is 3.19. The summed E-state index contributed by atoms with van der Waals surface area (Å²) in [6.45, 7) is 1.92. The number of aromatic carboxylic acids is 1. The van der Waals surface area contributed by atoms with Crippen molar-refractivity contribution in [1.29, 1.82) is 0 Å². The molecule has 0 bridgehead atoms. The molecule has 0 saturated carbocycles. The molecule has 22 heavy (non-hydrogen) atoms. The highest BCUT2D eigenvalue weighted by molar-refractivity contribution is 5.92. The molecule has 0 spiro atoms. The molecule has 114 valence electrons. The molecule has 1 heterocycles. The van der Waals surface area contributed by atoms with Gasteiger partial charge in [-0.2, -0.15) is 0 Å². The highest BCUT2D eigenvalue weighted by atomic mass is 16.4. The fourth-order valence-electron chi connectivity index (χ4n) is 1.95. The van der Waals surface area contributed by atoms with Crippen molar-refractivity contribution >= 4 is 11.9 Å². The molecular formula is C16H17N3O3. The van der Waals surface area contributed by atoms with E-state index in [0.717, 1.165) is 19.0 Å². The Morgan fingerprint density at radius 3 is 2.36 bits per heavy atom. The summed E-state index contributed by atoms with van der Waals surface area (Å²) in [4.78, 5) is 30.2. The third kappa shape index (κ3) is 4.37. The minimum atomic E-state index is -1.17. The van der Waals surface area contributed by atoms with Crippen LogP contribution in [0, 0.1) is 0 Å². The number of hydrogen-bond acceptors (Lipinski definition) is 4. The Morgan fingerprint density at radius 2 is 1.77 bits per heavy atom. The highest BCUT2D eigenvalue weighted by Gasteiger charge is 2.13. The van der Waals surface area contributed by atoms with E-state index in [-0.39, 0.29) is 23.3 Å². The molecule has 0 radical (unpaired) electrons. The number of hydrogen-bond donors (Lipinski definition) is 2. The number of carboxylic acid groups (broad SMARTS) is 1. The number of benzene rings is 1. The van der Waals surface area contributed by atoms with Gasteiger partial charge in [-0.25, -0.2) is 14.8 Å².